The Kier molecular flexibility index (Phi) is 3.69. The van der Waals surface area contributed by atoms with E-state index in [0.29, 0.717) is 12.8 Å². The minimum absolute atomic E-state index is 0.167. The second kappa shape index (κ2) is 4.60. The van der Waals surface area contributed by atoms with Crippen LogP contribution in [-0.2, 0) is 9.53 Å². The van der Waals surface area contributed by atoms with Crippen molar-refractivity contribution >= 4 is 5.97 Å². The van der Waals surface area contributed by atoms with Gasteiger partial charge in [-0.05, 0) is 32.6 Å². The van der Waals surface area contributed by atoms with E-state index in [1.165, 1.54) is 7.11 Å². The summed E-state index contributed by atoms with van der Waals surface area (Å²) in [5, 5.41) is 9.46. The highest BCUT2D eigenvalue weighted by molar-refractivity contribution is 5.76. The molecular formula is C11H18O3. The number of carbonyl (C=O) groups excluding carboxylic acids is 1. The van der Waals surface area contributed by atoms with Crippen LogP contribution in [0.3, 0.4) is 0 Å². The van der Waals surface area contributed by atoms with Gasteiger partial charge >= 0.3 is 5.97 Å². The number of carbonyl (C=O) groups is 1. The van der Waals surface area contributed by atoms with E-state index in [2.05, 4.69) is 0 Å². The van der Waals surface area contributed by atoms with Crippen LogP contribution in [0.1, 0.15) is 32.6 Å². The molecule has 0 heterocycles. The van der Waals surface area contributed by atoms with Crippen LogP contribution in [0.5, 0.6) is 0 Å². The molecule has 3 nitrogen and oxygen atoms in total. The quantitative estimate of drug-likeness (QED) is 0.515. The molecule has 0 aromatic heterocycles. The number of aliphatic hydroxyl groups is 1. The van der Waals surface area contributed by atoms with Crippen LogP contribution in [0, 0.1) is 5.41 Å². The molecule has 0 aliphatic heterocycles. The lowest BCUT2D eigenvalue weighted by Crippen LogP contribution is -2.30. The van der Waals surface area contributed by atoms with Gasteiger partial charge in [-0.25, -0.2) is 0 Å². The number of hydrogen-bond acceptors (Lipinski definition) is 3. The Hall–Kier alpha value is -0.830. The van der Waals surface area contributed by atoms with Gasteiger partial charge in [-0.3, -0.25) is 4.79 Å². The van der Waals surface area contributed by atoms with Crippen molar-refractivity contribution in [2.24, 2.45) is 5.41 Å². The summed E-state index contributed by atoms with van der Waals surface area (Å²) >= 11 is 0. The number of allylic oxidation sites excluding steroid dienone is 1. The Labute approximate surface area is 84.8 Å². The molecule has 14 heavy (non-hydrogen) atoms. The summed E-state index contributed by atoms with van der Waals surface area (Å²) in [5.41, 5.74) is -0.430. The van der Waals surface area contributed by atoms with E-state index >= 15 is 0 Å². The zero-order valence-electron chi connectivity index (χ0n) is 8.82. The fourth-order valence-electron chi connectivity index (χ4n) is 1.79. The largest absolute Gasteiger partial charge is 0.469 e. The van der Waals surface area contributed by atoms with Crippen LogP contribution in [0.15, 0.2) is 12.2 Å². The molecule has 1 aliphatic rings. The molecular weight excluding hydrogens is 180 g/mol. The lowest BCUT2D eigenvalue weighted by atomic mass is 9.79. The van der Waals surface area contributed by atoms with Crippen LogP contribution in [0.2, 0.25) is 0 Å². The molecule has 1 N–H and O–H groups in total. The number of hydrogen-bond donors (Lipinski definition) is 1. The molecule has 0 aromatic rings. The van der Waals surface area contributed by atoms with E-state index in [0.717, 1.165) is 12.8 Å². The summed E-state index contributed by atoms with van der Waals surface area (Å²) in [5.74, 6) is -0.167. The van der Waals surface area contributed by atoms with E-state index in [-0.39, 0.29) is 5.97 Å². The third-order valence-electron chi connectivity index (χ3n) is 2.89. The highest BCUT2D eigenvalue weighted by atomic mass is 16.5. The molecule has 0 saturated carbocycles. The van der Waals surface area contributed by atoms with Crippen molar-refractivity contribution in [3.05, 3.63) is 12.2 Å². The first-order valence-corrected chi connectivity index (χ1v) is 5.01. The van der Waals surface area contributed by atoms with Gasteiger partial charge in [0.15, 0.2) is 0 Å². The van der Waals surface area contributed by atoms with Gasteiger partial charge in [0.1, 0.15) is 0 Å². The maximum Gasteiger partial charge on any atom is 0.311 e. The lowest BCUT2D eigenvalue weighted by Gasteiger charge is -2.28. The van der Waals surface area contributed by atoms with Crippen molar-refractivity contribution in [1.29, 1.82) is 0 Å². The monoisotopic (exact) mass is 198 g/mol. The van der Waals surface area contributed by atoms with Gasteiger partial charge in [0.05, 0.1) is 18.6 Å². The van der Waals surface area contributed by atoms with E-state index in [1.807, 2.05) is 13.0 Å². The second-order valence-electron chi connectivity index (χ2n) is 4.13. The van der Waals surface area contributed by atoms with Gasteiger partial charge < -0.3 is 9.84 Å². The average molecular weight is 198 g/mol. The standard InChI is InChI=1S/C11H18O3/c1-11(10(13)14-2)7-4-3-5-9(12)6-8-11/h3,5,9,12H,4,6-8H2,1-2H3/b5-3+/t9-,11+/m1/s1. The molecule has 2 atom stereocenters. The van der Waals surface area contributed by atoms with Gasteiger partial charge in [-0.2, -0.15) is 0 Å². The molecule has 0 radical (unpaired) electrons. The first-order valence-electron chi connectivity index (χ1n) is 5.01. The van der Waals surface area contributed by atoms with Crippen LogP contribution < -0.4 is 0 Å². The van der Waals surface area contributed by atoms with Crippen molar-refractivity contribution < 1.29 is 14.6 Å². The number of aliphatic hydroxyl groups excluding tert-OH is 1. The minimum Gasteiger partial charge on any atom is -0.469 e. The molecule has 0 spiro atoms. The van der Waals surface area contributed by atoms with Crippen molar-refractivity contribution in [3.8, 4) is 0 Å². The lowest BCUT2D eigenvalue weighted by molar-refractivity contribution is -0.152. The molecule has 0 bridgehead atoms. The van der Waals surface area contributed by atoms with E-state index in [4.69, 9.17) is 4.74 Å². The summed E-state index contributed by atoms with van der Waals surface area (Å²) in [7, 11) is 1.42. The normalized spacial score (nSPS) is 35.5. The Morgan fingerprint density at radius 3 is 2.93 bits per heavy atom. The fourth-order valence-corrected chi connectivity index (χ4v) is 1.79. The Bertz CT molecular complexity index is 235. The fraction of sp³-hybridized carbons (Fsp3) is 0.727. The van der Waals surface area contributed by atoms with E-state index in [9.17, 15) is 9.90 Å². The third kappa shape index (κ3) is 2.58. The summed E-state index contributed by atoms with van der Waals surface area (Å²) in [6.45, 7) is 1.91. The molecule has 1 rings (SSSR count). The maximum atomic E-state index is 11.5. The summed E-state index contributed by atoms with van der Waals surface area (Å²) in [6, 6.07) is 0. The molecule has 0 saturated heterocycles. The summed E-state index contributed by atoms with van der Waals surface area (Å²) in [6.07, 6.45) is 6.25. The number of esters is 1. The van der Waals surface area contributed by atoms with Crippen molar-refractivity contribution in [2.45, 2.75) is 38.7 Å². The van der Waals surface area contributed by atoms with E-state index < -0.39 is 11.5 Å². The van der Waals surface area contributed by atoms with Crippen molar-refractivity contribution in [3.63, 3.8) is 0 Å². The van der Waals surface area contributed by atoms with Crippen LogP contribution >= 0.6 is 0 Å². The first kappa shape index (κ1) is 11.2. The zero-order valence-corrected chi connectivity index (χ0v) is 8.82. The maximum absolute atomic E-state index is 11.5. The second-order valence-corrected chi connectivity index (χ2v) is 4.13. The van der Waals surface area contributed by atoms with E-state index in [1.54, 1.807) is 6.08 Å². The smallest absolute Gasteiger partial charge is 0.311 e. The van der Waals surface area contributed by atoms with Crippen molar-refractivity contribution in [1.82, 2.24) is 0 Å². The van der Waals surface area contributed by atoms with Gasteiger partial charge in [0, 0.05) is 0 Å². The average Bonchev–Trinajstić information content (AvgIpc) is 2.18. The molecule has 0 unspecified atom stereocenters. The van der Waals surface area contributed by atoms with Crippen LogP contribution in [0.4, 0.5) is 0 Å². The topological polar surface area (TPSA) is 46.5 Å². The molecule has 80 valence electrons. The zero-order chi connectivity index (χ0) is 10.6. The molecule has 1 aliphatic carbocycles. The van der Waals surface area contributed by atoms with Gasteiger partial charge in [-0.15, -0.1) is 0 Å². The van der Waals surface area contributed by atoms with Gasteiger partial charge in [0.2, 0.25) is 0 Å². The molecule has 0 amide bonds. The summed E-state index contributed by atoms with van der Waals surface area (Å²) in [4.78, 5) is 11.5. The minimum atomic E-state index is -0.430. The van der Waals surface area contributed by atoms with Gasteiger partial charge in [-0.1, -0.05) is 12.2 Å². The first-order chi connectivity index (χ1) is 6.58. The summed E-state index contributed by atoms with van der Waals surface area (Å²) < 4.78 is 4.78. The number of rotatable bonds is 1. The predicted octanol–water partition coefficient (Wildman–Crippen LogP) is 1.66. The third-order valence-corrected chi connectivity index (χ3v) is 2.89. The van der Waals surface area contributed by atoms with Gasteiger partial charge in [0.25, 0.3) is 0 Å². The van der Waals surface area contributed by atoms with Crippen LogP contribution in [0.25, 0.3) is 0 Å². The SMILES string of the molecule is COC(=O)[C@@]1(C)CC/C=C/[C@@H](O)CC1. The Morgan fingerprint density at radius 1 is 1.57 bits per heavy atom. The highest BCUT2D eigenvalue weighted by Gasteiger charge is 2.34. The van der Waals surface area contributed by atoms with Crippen molar-refractivity contribution in [2.75, 3.05) is 7.11 Å². The Morgan fingerprint density at radius 2 is 2.29 bits per heavy atom. The number of ether oxygens (including phenoxy) is 1. The molecule has 3 heteroatoms. The highest BCUT2D eigenvalue weighted by Crippen LogP contribution is 2.33. The van der Waals surface area contributed by atoms with Crippen LogP contribution in [-0.4, -0.2) is 24.3 Å². The predicted molar refractivity (Wildman–Crippen MR) is 53.7 cm³/mol. The number of methoxy groups -OCH3 is 1. The molecule has 0 fully saturated rings. The molecule has 0 aromatic carbocycles. The Balaban J connectivity index is 2.69.